The molecule has 0 aliphatic carbocycles. The minimum Gasteiger partial charge on any atom is -0.478 e. The molecule has 0 saturated carbocycles. The molecule has 591 valence electrons. The van der Waals surface area contributed by atoms with Gasteiger partial charge in [-0.3, -0.25) is 52.5 Å². The van der Waals surface area contributed by atoms with Crippen LogP contribution in [0.25, 0.3) is 43.6 Å². The molecule has 0 bridgehead atoms. The number of fused-ring (bicyclic) bond motifs is 4. The van der Waals surface area contributed by atoms with E-state index in [-0.39, 0.29) is 85.1 Å². The molecule has 16 aromatic rings. The van der Waals surface area contributed by atoms with E-state index >= 15 is 0 Å². The van der Waals surface area contributed by atoms with Crippen molar-refractivity contribution in [2.24, 2.45) is 0 Å². The van der Waals surface area contributed by atoms with Crippen LogP contribution in [-0.2, 0) is 58.9 Å². The first-order valence-corrected chi connectivity index (χ1v) is 36.4. The standard InChI is InChI=1S/C23H20N4O2.C22H18N4O3.C22H18N4O2.C15H14N2O3.C8H5NO3.Y/c1-15-25-20-8-4-2-6-18(20)23(29)27(15)14-16-10-12-17(13-11-16)22(28)26-21-9-5-3-7-19(21)24;23-17-6-2-4-8-19(17)24-20(27)15-11-9-14(10-12-15)13-26-21(28)16-5-1-3-7-18(16)25-22(26)29;23-18-6-2-4-8-20(18)25-21(27)16-11-9-15(10-12-16)13-26-14-24-19-7-3-1-5-17(19)22(26)28;16-13-4-2-1-3-12(13)14(18)17-9-10-5-7-11(8-6-10)15(19)20;10-7-5-3-1-2-4-6(5)9-8(11)12-7;/h2-13H,14,24H2,1H3,(H,26,28);1-12H,13,23H2,(H2,24,25,27,28,29);1-12,14H,13,23H2,(H,25,27);1-8H,9,16H2,(H,17,18)(H,19,20);1-4H,(H,9,11);/p-1. The molecule has 119 heavy (non-hydrogen) atoms. The Labute approximate surface area is 701 Å². The Morgan fingerprint density at radius 2 is 0.824 bits per heavy atom. The van der Waals surface area contributed by atoms with Gasteiger partial charge in [-0.25, -0.2) is 24.4 Å². The molecule has 14 N–H and O–H groups in total. The fraction of sp³-hybridized carbons (Fsp3) is 0.0556. The molecular weight excluding hydrogens is 1590 g/mol. The topological polar surface area (TPSA) is 444 Å². The maximum atomic E-state index is 12.8. The number of anilines is 7. The van der Waals surface area contributed by atoms with E-state index < -0.39 is 23.0 Å². The molecule has 28 nitrogen and oxygen atoms in total. The van der Waals surface area contributed by atoms with Crippen LogP contribution >= 0.6 is 0 Å². The fourth-order valence-corrected chi connectivity index (χ4v) is 12.0. The zero-order valence-corrected chi connectivity index (χ0v) is 66.4. The number of aryl methyl sites for hydroxylation is 1. The van der Waals surface area contributed by atoms with Crippen molar-refractivity contribution < 1.29 is 66.2 Å². The molecule has 4 aromatic heterocycles. The predicted octanol–water partition coefficient (Wildman–Crippen LogP) is 11.4. The quantitative estimate of drug-likeness (QED) is 0.0402. The van der Waals surface area contributed by atoms with Crippen molar-refractivity contribution >= 4 is 113 Å². The molecule has 29 heteroatoms. The first-order chi connectivity index (χ1) is 57.0. The molecule has 0 atom stereocenters. The SMILES string of the molecule is Cc1nc2ccccc2c(=O)n1Cc1ccc(C(=O)Nc2ccccc2N)cc1.Nc1ccccc1C(=O)NCc1ccc(C(=O)O)cc1.Nc1ccccc1NC(=O)c1ccc(Cn2c(=O)[n-]c3ccccc3c2=O)cc1.Nc1ccccc1NC(=O)c1ccc(Cn2cnc3ccccc3c2=O)cc1.O=c1[nH]c2ccccc2c(=O)o1.[Y]. The van der Waals surface area contributed by atoms with Gasteiger partial charge in [0.15, 0.2) is 11.2 Å². The van der Waals surface area contributed by atoms with Crippen molar-refractivity contribution in [3.05, 3.63) is 416 Å². The third-order valence-electron chi connectivity index (χ3n) is 18.3. The number of nitrogens with zero attached hydrogens (tertiary/aromatic N) is 6. The van der Waals surface area contributed by atoms with Crippen molar-refractivity contribution in [2.45, 2.75) is 33.1 Å². The van der Waals surface area contributed by atoms with Gasteiger partial charge in [0.05, 0.1) is 97.4 Å². The van der Waals surface area contributed by atoms with Crippen LogP contribution in [0.1, 0.15) is 79.9 Å². The van der Waals surface area contributed by atoms with Gasteiger partial charge in [-0.1, -0.05) is 158 Å². The number of carbonyl (C=O) groups is 5. The molecule has 12 aromatic carbocycles. The van der Waals surface area contributed by atoms with Crippen LogP contribution < -0.4 is 82.9 Å². The summed E-state index contributed by atoms with van der Waals surface area (Å²) in [7, 11) is 0. The predicted molar refractivity (Wildman–Crippen MR) is 456 cm³/mol. The van der Waals surface area contributed by atoms with E-state index in [9.17, 15) is 52.7 Å². The molecule has 0 fully saturated rings. The third kappa shape index (κ3) is 21.7. The molecule has 1 radical (unpaired) electrons. The molecule has 0 saturated heterocycles. The number of hydrogen-bond acceptors (Lipinski definition) is 18. The van der Waals surface area contributed by atoms with Gasteiger partial charge < -0.3 is 63.3 Å². The molecule has 4 heterocycles. The van der Waals surface area contributed by atoms with Gasteiger partial charge in [0.1, 0.15) is 5.82 Å². The summed E-state index contributed by atoms with van der Waals surface area (Å²) in [4.78, 5) is 147. The second-order valence-electron chi connectivity index (χ2n) is 26.4. The Bertz CT molecular complexity index is 6810. The number of benzene rings is 12. The summed E-state index contributed by atoms with van der Waals surface area (Å²) in [5, 5.41) is 21.8. The summed E-state index contributed by atoms with van der Waals surface area (Å²) in [6.45, 7) is 2.97. The number of nitrogens with two attached hydrogens (primary N) is 4. The smallest absolute Gasteiger partial charge is 0.419 e. The van der Waals surface area contributed by atoms with E-state index in [1.165, 1.54) is 12.1 Å². The summed E-state index contributed by atoms with van der Waals surface area (Å²) in [6, 6.07) is 83.2. The van der Waals surface area contributed by atoms with Gasteiger partial charge in [0.25, 0.3) is 34.7 Å². The van der Waals surface area contributed by atoms with Gasteiger partial charge in [0, 0.05) is 67.0 Å². The van der Waals surface area contributed by atoms with E-state index in [4.69, 9.17) is 28.0 Å². The van der Waals surface area contributed by atoms with Crippen molar-refractivity contribution in [1.29, 1.82) is 0 Å². The largest absolute Gasteiger partial charge is 0.478 e. The second-order valence-corrected chi connectivity index (χ2v) is 26.4. The number of H-pyrrole nitrogens is 1. The van der Waals surface area contributed by atoms with E-state index in [1.54, 1.807) is 210 Å². The van der Waals surface area contributed by atoms with E-state index in [1.807, 2.05) is 91.9 Å². The van der Waals surface area contributed by atoms with Crippen molar-refractivity contribution in [1.82, 2.24) is 39.0 Å². The van der Waals surface area contributed by atoms with Crippen LogP contribution in [0.15, 0.2) is 331 Å². The number of nitrogen functional groups attached to an aromatic ring is 4. The van der Waals surface area contributed by atoms with Gasteiger partial charge in [0.2, 0.25) is 0 Å². The van der Waals surface area contributed by atoms with Crippen LogP contribution in [0.5, 0.6) is 0 Å². The fourth-order valence-electron chi connectivity index (χ4n) is 12.0. The average molecular weight is 1660 g/mol. The van der Waals surface area contributed by atoms with E-state index in [0.29, 0.717) is 137 Å². The zero-order chi connectivity index (χ0) is 83.4. The van der Waals surface area contributed by atoms with Crippen LogP contribution in [0, 0.1) is 6.92 Å². The molecule has 4 amide bonds. The van der Waals surface area contributed by atoms with Crippen LogP contribution in [0.4, 0.5) is 39.8 Å². The van der Waals surface area contributed by atoms with Gasteiger partial charge in [-0.2, -0.15) is 0 Å². The van der Waals surface area contributed by atoms with Crippen LogP contribution in [0.2, 0.25) is 0 Å². The molecule has 16 rings (SSSR count). The maximum Gasteiger partial charge on any atom is 0.419 e. The Balaban J connectivity index is 0.000000149. The number of carbonyl (C=O) groups excluding carboxylic acids is 4. The summed E-state index contributed by atoms with van der Waals surface area (Å²) in [6.07, 6.45) is 1.55. The van der Waals surface area contributed by atoms with Crippen LogP contribution in [-0.4, -0.2) is 63.4 Å². The van der Waals surface area contributed by atoms with Gasteiger partial charge >= 0.3 is 17.4 Å². The number of nitrogens with one attached hydrogen (secondary N) is 5. The van der Waals surface area contributed by atoms with Gasteiger partial charge in [-0.05, 0) is 175 Å². The monoisotopic (exact) mass is 1660 g/mol. The second kappa shape index (κ2) is 39.5. The van der Waals surface area contributed by atoms with E-state index in [0.717, 1.165) is 21.3 Å². The first kappa shape index (κ1) is 84.4. The zero-order valence-electron chi connectivity index (χ0n) is 63.5. The summed E-state index contributed by atoms with van der Waals surface area (Å²) >= 11 is 0. The number of carboxylic acid groups (broad SMARTS) is 1. The van der Waals surface area contributed by atoms with Crippen molar-refractivity contribution in [3.63, 3.8) is 0 Å². The number of amides is 4. The summed E-state index contributed by atoms with van der Waals surface area (Å²) < 4.78 is 8.61. The Kier molecular flexibility index (Phi) is 28.0. The number of aromatic nitrogens is 7. The first-order valence-electron chi connectivity index (χ1n) is 36.4. The molecular formula is C90H74N15O13Y-. The molecule has 0 unspecified atom stereocenters. The minimum absolute atomic E-state index is 0. The summed E-state index contributed by atoms with van der Waals surface area (Å²) in [5.74, 6) is -2.09. The number of aromatic carboxylic acids is 1. The number of para-hydroxylation sites is 11. The molecule has 0 aliphatic heterocycles. The number of aromatic amines is 1. The van der Waals surface area contributed by atoms with Crippen molar-refractivity contribution in [2.75, 3.05) is 38.9 Å². The van der Waals surface area contributed by atoms with Gasteiger partial charge in [-0.15, -0.1) is 0 Å². The number of hydrogen-bond donors (Lipinski definition) is 10. The normalized spacial score (nSPS) is 10.5. The third-order valence-corrected chi connectivity index (χ3v) is 18.3. The van der Waals surface area contributed by atoms with E-state index in [2.05, 4.69) is 45.6 Å². The maximum absolute atomic E-state index is 12.8. The Hall–Kier alpha value is -15.5. The average Bonchev–Trinajstić information content (AvgIpc) is 0.795. The molecule has 0 spiro atoms. The number of rotatable bonds is 16. The molecule has 0 aliphatic rings. The Morgan fingerprint density at radius 3 is 1.34 bits per heavy atom. The van der Waals surface area contributed by atoms with Crippen molar-refractivity contribution in [3.8, 4) is 0 Å². The minimum atomic E-state index is -0.974. The summed E-state index contributed by atoms with van der Waals surface area (Å²) in [5.41, 5.74) is 32.8. The number of carboxylic acids is 1. The Morgan fingerprint density at radius 1 is 0.420 bits per heavy atom. The van der Waals surface area contributed by atoms with Crippen LogP contribution in [0.3, 0.4) is 0 Å².